The molecule has 1 aromatic heterocycles. The first kappa shape index (κ1) is 8.12. The Bertz CT molecular complexity index is 504. The maximum absolute atomic E-state index is 11.2. The summed E-state index contributed by atoms with van der Waals surface area (Å²) in [6.45, 7) is 0. The van der Waals surface area contributed by atoms with Gasteiger partial charge in [0.1, 0.15) is 0 Å². The van der Waals surface area contributed by atoms with Crippen LogP contribution >= 0.6 is 11.6 Å². The fourth-order valence-electron chi connectivity index (χ4n) is 1.72. The molecule has 0 radical (unpaired) electrons. The summed E-state index contributed by atoms with van der Waals surface area (Å²) in [5, 5.41) is -0.280. The van der Waals surface area contributed by atoms with Crippen LogP contribution in [0.1, 0.15) is 18.4 Å². The second kappa shape index (κ2) is 2.42. The molecular formula is C10H7ClO3. The van der Waals surface area contributed by atoms with Crippen LogP contribution in [0.2, 0.25) is 0 Å². The standard InChI is InChI=1S/C10H7ClO3/c11-9(12)10(3-4-10)6-1-2-7-8(5-6)14-13-7/h1-2,5H,3-4H2. The molecule has 1 heterocycles. The van der Waals surface area contributed by atoms with Gasteiger partial charge in [-0.05, 0) is 42.1 Å². The van der Waals surface area contributed by atoms with Crippen LogP contribution in [0.3, 0.4) is 0 Å². The Hall–Kier alpha value is -1.22. The lowest BCUT2D eigenvalue weighted by atomic mass is 9.97. The third-order valence-corrected chi connectivity index (χ3v) is 3.21. The molecule has 1 saturated carbocycles. The van der Waals surface area contributed by atoms with Gasteiger partial charge in [0.25, 0.3) is 0 Å². The normalized spacial score (nSPS) is 18.6. The van der Waals surface area contributed by atoms with E-state index in [1.807, 2.05) is 12.1 Å². The zero-order valence-electron chi connectivity index (χ0n) is 7.25. The first-order chi connectivity index (χ1) is 6.72. The van der Waals surface area contributed by atoms with E-state index in [-0.39, 0.29) is 5.24 Å². The molecule has 3 rings (SSSR count). The fourth-order valence-corrected chi connectivity index (χ4v) is 2.02. The van der Waals surface area contributed by atoms with Gasteiger partial charge in [0.2, 0.25) is 16.4 Å². The molecule has 3 nitrogen and oxygen atoms in total. The van der Waals surface area contributed by atoms with Crippen molar-refractivity contribution in [1.29, 1.82) is 0 Å². The number of hydrogen-bond donors (Lipinski definition) is 0. The van der Waals surface area contributed by atoms with Crippen LogP contribution in [-0.4, -0.2) is 5.24 Å². The van der Waals surface area contributed by atoms with Crippen molar-refractivity contribution < 1.29 is 13.9 Å². The highest BCUT2D eigenvalue weighted by molar-refractivity contribution is 6.66. The number of carbonyl (C=O) groups is 1. The van der Waals surface area contributed by atoms with Crippen molar-refractivity contribution in [2.45, 2.75) is 18.3 Å². The summed E-state index contributed by atoms with van der Waals surface area (Å²) in [5.74, 6) is 0. The van der Waals surface area contributed by atoms with Gasteiger partial charge in [0.15, 0.2) is 0 Å². The highest BCUT2D eigenvalue weighted by Crippen LogP contribution is 2.50. The average Bonchev–Trinajstić information content (AvgIpc) is 2.87. The summed E-state index contributed by atoms with van der Waals surface area (Å²) in [5.41, 5.74) is 1.88. The molecule has 1 aliphatic carbocycles. The molecule has 1 aliphatic rings. The Balaban J connectivity index is 2.11. The molecular weight excluding hydrogens is 204 g/mol. The van der Waals surface area contributed by atoms with E-state index in [0.717, 1.165) is 18.4 Å². The predicted molar refractivity (Wildman–Crippen MR) is 50.3 cm³/mol. The number of benzene rings is 1. The highest BCUT2D eigenvalue weighted by Gasteiger charge is 2.50. The molecule has 4 heteroatoms. The molecule has 2 aromatic rings. The first-order valence-electron chi connectivity index (χ1n) is 4.41. The fraction of sp³-hybridized carbons (Fsp3) is 0.300. The maximum atomic E-state index is 11.2. The van der Waals surface area contributed by atoms with Crippen LogP contribution in [0.15, 0.2) is 27.4 Å². The molecule has 0 saturated heterocycles. The lowest BCUT2D eigenvalue weighted by Crippen LogP contribution is -2.14. The monoisotopic (exact) mass is 210 g/mol. The Morgan fingerprint density at radius 1 is 1.29 bits per heavy atom. The Morgan fingerprint density at radius 2 is 2.00 bits per heavy atom. The van der Waals surface area contributed by atoms with E-state index in [4.69, 9.17) is 20.8 Å². The summed E-state index contributed by atoms with van der Waals surface area (Å²) in [4.78, 5) is 11.2. The van der Waals surface area contributed by atoms with E-state index in [0.29, 0.717) is 11.2 Å². The van der Waals surface area contributed by atoms with Crippen LogP contribution in [0.25, 0.3) is 11.2 Å². The number of fused-ring (bicyclic) bond motifs is 1. The van der Waals surface area contributed by atoms with Gasteiger partial charge in [-0.3, -0.25) is 13.9 Å². The van der Waals surface area contributed by atoms with Crippen molar-refractivity contribution >= 4 is 28.0 Å². The maximum Gasteiger partial charge on any atom is 0.232 e. The van der Waals surface area contributed by atoms with Crippen molar-refractivity contribution in [3.05, 3.63) is 23.8 Å². The van der Waals surface area contributed by atoms with Crippen LogP contribution in [0.4, 0.5) is 0 Å². The summed E-state index contributed by atoms with van der Waals surface area (Å²) < 4.78 is 9.47. The van der Waals surface area contributed by atoms with E-state index in [1.165, 1.54) is 0 Å². The van der Waals surface area contributed by atoms with Crippen molar-refractivity contribution in [3.63, 3.8) is 0 Å². The number of hydrogen-bond acceptors (Lipinski definition) is 3. The Morgan fingerprint density at radius 3 is 2.43 bits per heavy atom. The largest absolute Gasteiger partial charge is 0.286 e. The average molecular weight is 211 g/mol. The van der Waals surface area contributed by atoms with Crippen molar-refractivity contribution in [1.82, 2.24) is 0 Å². The summed E-state index contributed by atoms with van der Waals surface area (Å²) in [6, 6.07) is 5.49. The van der Waals surface area contributed by atoms with Crippen molar-refractivity contribution in [2.24, 2.45) is 0 Å². The first-order valence-corrected chi connectivity index (χ1v) is 4.79. The minimum atomic E-state index is -0.449. The minimum absolute atomic E-state index is 0.280. The van der Waals surface area contributed by atoms with Gasteiger partial charge in [-0.15, -0.1) is 0 Å². The Kier molecular flexibility index (Phi) is 1.40. The summed E-state index contributed by atoms with van der Waals surface area (Å²) in [7, 11) is 0. The number of rotatable bonds is 2. The Labute approximate surface area is 84.5 Å². The minimum Gasteiger partial charge on any atom is -0.286 e. The molecule has 0 unspecified atom stereocenters. The van der Waals surface area contributed by atoms with Crippen LogP contribution in [0.5, 0.6) is 0 Å². The van der Waals surface area contributed by atoms with E-state index in [1.54, 1.807) is 6.07 Å². The summed E-state index contributed by atoms with van der Waals surface area (Å²) >= 11 is 5.57. The van der Waals surface area contributed by atoms with Gasteiger partial charge in [0, 0.05) is 0 Å². The zero-order chi connectivity index (χ0) is 9.76. The van der Waals surface area contributed by atoms with Gasteiger partial charge >= 0.3 is 0 Å². The molecule has 72 valence electrons. The smallest absolute Gasteiger partial charge is 0.232 e. The van der Waals surface area contributed by atoms with E-state index < -0.39 is 5.41 Å². The second-order valence-corrected chi connectivity index (χ2v) is 4.03. The van der Waals surface area contributed by atoms with Crippen molar-refractivity contribution in [2.75, 3.05) is 0 Å². The molecule has 0 spiro atoms. The van der Waals surface area contributed by atoms with E-state index in [2.05, 4.69) is 0 Å². The quantitative estimate of drug-likeness (QED) is 0.566. The van der Waals surface area contributed by atoms with Crippen molar-refractivity contribution in [3.8, 4) is 0 Å². The molecule has 0 atom stereocenters. The van der Waals surface area contributed by atoms with Gasteiger partial charge in [-0.1, -0.05) is 6.07 Å². The topological polar surface area (TPSA) is 43.4 Å². The van der Waals surface area contributed by atoms with Crippen LogP contribution in [-0.2, 0) is 10.2 Å². The van der Waals surface area contributed by atoms with Gasteiger partial charge < -0.3 is 0 Å². The number of carbonyl (C=O) groups excluding carboxylic acids is 1. The van der Waals surface area contributed by atoms with Crippen LogP contribution < -0.4 is 0 Å². The van der Waals surface area contributed by atoms with E-state index >= 15 is 0 Å². The van der Waals surface area contributed by atoms with E-state index in [9.17, 15) is 4.79 Å². The number of halogens is 1. The molecule has 0 amide bonds. The SMILES string of the molecule is O=C(Cl)C1(c2ccc3ooc3c2)CC1. The third-order valence-electron chi connectivity index (χ3n) is 2.84. The molecule has 0 aliphatic heterocycles. The predicted octanol–water partition coefficient (Wildman–Crippen LogP) is 2.82. The summed E-state index contributed by atoms with van der Waals surface area (Å²) in [6.07, 6.45) is 1.66. The molecule has 0 N–H and O–H groups in total. The molecule has 1 fully saturated rings. The van der Waals surface area contributed by atoms with Gasteiger partial charge in [-0.25, -0.2) is 0 Å². The van der Waals surface area contributed by atoms with Gasteiger partial charge in [-0.2, -0.15) is 0 Å². The lowest BCUT2D eigenvalue weighted by molar-refractivity contribution is -0.113. The lowest BCUT2D eigenvalue weighted by Gasteiger charge is -2.10. The molecule has 14 heavy (non-hydrogen) atoms. The third kappa shape index (κ3) is 0.904. The van der Waals surface area contributed by atoms with Crippen LogP contribution in [0, 0.1) is 0 Å². The van der Waals surface area contributed by atoms with Gasteiger partial charge in [0.05, 0.1) is 5.41 Å². The molecule has 1 aromatic carbocycles. The second-order valence-electron chi connectivity index (χ2n) is 3.68. The molecule has 0 bridgehead atoms. The zero-order valence-corrected chi connectivity index (χ0v) is 8.00. The highest BCUT2D eigenvalue weighted by atomic mass is 35.5.